The Bertz CT molecular complexity index is 2110. The summed E-state index contributed by atoms with van der Waals surface area (Å²) < 4.78 is 63.2. The fraction of sp³-hybridized carbons (Fsp3) is 0.0263. The van der Waals surface area contributed by atoms with E-state index in [1.54, 1.807) is 84.9 Å². The molecule has 1 N–H and O–H groups in total. The van der Waals surface area contributed by atoms with Gasteiger partial charge in [0.25, 0.3) is 0 Å². The third kappa shape index (κ3) is 7.00. The first-order valence-corrected chi connectivity index (χ1v) is 17.6. The van der Waals surface area contributed by atoms with E-state index in [-0.39, 0.29) is 31.1 Å². The topological polar surface area (TPSA) is 124 Å². The van der Waals surface area contributed by atoms with Gasteiger partial charge in [0.15, 0.2) is 5.78 Å². The number of aromatic hydroxyl groups is 1. The lowest BCUT2D eigenvalue weighted by molar-refractivity contribution is 0.103. The monoisotopic (exact) mass is 676 g/mol. The van der Waals surface area contributed by atoms with Crippen LogP contribution in [-0.2, 0) is 19.7 Å². The molecule has 0 atom stereocenters. The Balaban J connectivity index is 1.06. The molecule has 0 aliphatic rings. The fourth-order valence-electron chi connectivity index (χ4n) is 4.78. The second-order valence-corrected chi connectivity index (χ2v) is 14.7. The largest absolute Gasteiger partial charge is 0.508 e. The van der Waals surface area contributed by atoms with E-state index in [0.717, 1.165) is 5.56 Å². The normalized spacial score (nSPS) is 11.5. The van der Waals surface area contributed by atoms with Crippen LogP contribution in [0.25, 0.3) is 0 Å². The molecule has 0 unspecified atom stereocenters. The van der Waals surface area contributed by atoms with Crippen LogP contribution in [-0.4, -0.2) is 27.7 Å². The lowest BCUT2D eigenvalue weighted by atomic mass is 10.0. The van der Waals surface area contributed by atoms with Crippen LogP contribution in [0, 0.1) is 6.92 Å². The minimum absolute atomic E-state index is 0.0238. The molecule has 0 heterocycles. The first-order chi connectivity index (χ1) is 23.0. The molecule has 48 heavy (non-hydrogen) atoms. The summed E-state index contributed by atoms with van der Waals surface area (Å²) in [6, 6.07) is 37.3. The molecule has 0 aliphatic carbocycles. The highest BCUT2D eigenvalue weighted by atomic mass is 32.2. The molecule has 0 fully saturated rings. The standard InChI is InChI=1S/C38H28O8S2/c1-26-2-18-34(19-3-26)47(41,42)36-22-14-32(15-23-36)45-30-10-4-27(5-11-30)38(40)28-6-12-31(13-7-28)46-33-16-24-37(25-17-33)48(43,44)35-20-8-29(39)9-21-35/h2-25,39H,1H3. The van der Waals surface area contributed by atoms with Gasteiger partial charge in [-0.05, 0) is 140 Å². The molecular formula is C38H28O8S2. The Labute approximate surface area is 278 Å². The highest BCUT2D eigenvalue weighted by Crippen LogP contribution is 2.29. The van der Waals surface area contributed by atoms with Gasteiger partial charge in [0.2, 0.25) is 19.7 Å². The quantitative estimate of drug-likeness (QED) is 0.144. The number of phenolic OH excluding ortho intramolecular Hbond substituents is 1. The van der Waals surface area contributed by atoms with Crippen molar-refractivity contribution in [3.63, 3.8) is 0 Å². The fourth-order valence-corrected chi connectivity index (χ4v) is 7.30. The molecule has 6 aromatic carbocycles. The van der Waals surface area contributed by atoms with E-state index >= 15 is 0 Å². The number of phenols is 1. The van der Waals surface area contributed by atoms with Gasteiger partial charge in [-0.25, -0.2) is 16.8 Å². The average Bonchev–Trinajstić information content (AvgIpc) is 3.09. The highest BCUT2D eigenvalue weighted by Gasteiger charge is 2.19. The summed E-state index contributed by atoms with van der Waals surface area (Å²) in [6.07, 6.45) is 0. The molecule has 0 radical (unpaired) electrons. The Kier molecular flexibility index (Phi) is 8.86. The summed E-state index contributed by atoms with van der Waals surface area (Å²) >= 11 is 0. The summed E-state index contributed by atoms with van der Waals surface area (Å²) in [6.45, 7) is 1.89. The van der Waals surface area contributed by atoms with Gasteiger partial charge in [0.1, 0.15) is 28.7 Å². The third-order valence-electron chi connectivity index (χ3n) is 7.45. The zero-order valence-corrected chi connectivity index (χ0v) is 27.1. The predicted octanol–water partition coefficient (Wildman–Crippen LogP) is 8.18. The summed E-state index contributed by atoms with van der Waals surface area (Å²) in [5, 5.41) is 9.44. The van der Waals surface area contributed by atoms with Crippen molar-refractivity contribution in [3.8, 4) is 28.7 Å². The van der Waals surface area contributed by atoms with Gasteiger partial charge in [0.05, 0.1) is 19.6 Å². The van der Waals surface area contributed by atoms with Gasteiger partial charge >= 0.3 is 0 Å². The number of ketones is 1. The predicted molar refractivity (Wildman–Crippen MR) is 180 cm³/mol. The van der Waals surface area contributed by atoms with Gasteiger partial charge in [-0.15, -0.1) is 0 Å². The van der Waals surface area contributed by atoms with E-state index in [9.17, 15) is 26.7 Å². The molecule has 6 rings (SSSR count). The molecule has 0 amide bonds. The number of hydrogen-bond acceptors (Lipinski definition) is 8. The van der Waals surface area contributed by atoms with Crippen LogP contribution in [0.4, 0.5) is 0 Å². The summed E-state index contributed by atoms with van der Waals surface area (Å²) in [4.78, 5) is 13.6. The van der Waals surface area contributed by atoms with Crippen molar-refractivity contribution in [1.82, 2.24) is 0 Å². The van der Waals surface area contributed by atoms with E-state index in [1.165, 1.54) is 60.7 Å². The number of ether oxygens (including phenoxy) is 2. The van der Waals surface area contributed by atoms with Crippen molar-refractivity contribution in [3.05, 3.63) is 162 Å². The van der Waals surface area contributed by atoms with Gasteiger partial charge < -0.3 is 14.6 Å². The van der Waals surface area contributed by atoms with Gasteiger partial charge in [0, 0.05) is 11.1 Å². The van der Waals surface area contributed by atoms with Gasteiger partial charge in [-0.3, -0.25) is 4.79 Å². The minimum atomic E-state index is -3.75. The Morgan fingerprint density at radius 1 is 0.438 bits per heavy atom. The van der Waals surface area contributed by atoms with Crippen LogP contribution < -0.4 is 9.47 Å². The molecule has 8 nitrogen and oxygen atoms in total. The maximum Gasteiger partial charge on any atom is 0.206 e. The Hall–Kier alpha value is -5.71. The second-order valence-electron chi connectivity index (χ2n) is 10.8. The highest BCUT2D eigenvalue weighted by molar-refractivity contribution is 7.91. The minimum Gasteiger partial charge on any atom is -0.508 e. The van der Waals surface area contributed by atoms with Crippen molar-refractivity contribution in [2.75, 3.05) is 0 Å². The van der Waals surface area contributed by atoms with Crippen LogP contribution in [0.2, 0.25) is 0 Å². The Morgan fingerprint density at radius 3 is 1.04 bits per heavy atom. The van der Waals surface area contributed by atoms with Crippen LogP contribution in [0.15, 0.2) is 165 Å². The molecule has 0 spiro atoms. The lowest BCUT2D eigenvalue weighted by Gasteiger charge is -2.10. The van der Waals surface area contributed by atoms with E-state index in [1.807, 2.05) is 6.92 Å². The molecule has 0 saturated heterocycles. The maximum absolute atomic E-state index is 13.1. The molecule has 0 saturated carbocycles. The van der Waals surface area contributed by atoms with Crippen LogP contribution in [0.1, 0.15) is 21.5 Å². The number of benzene rings is 6. The number of rotatable bonds is 10. The summed E-state index contributed by atoms with van der Waals surface area (Å²) in [5.74, 6) is 1.57. The maximum atomic E-state index is 13.1. The smallest absolute Gasteiger partial charge is 0.206 e. The number of carbonyl (C=O) groups excluding carboxylic acids is 1. The van der Waals surface area contributed by atoms with Crippen molar-refractivity contribution < 1.29 is 36.2 Å². The zero-order chi connectivity index (χ0) is 33.9. The van der Waals surface area contributed by atoms with Crippen LogP contribution in [0.3, 0.4) is 0 Å². The number of sulfone groups is 2. The van der Waals surface area contributed by atoms with Gasteiger partial charge in [-0.1, -0.05) is 17.7 Å². The SMILES string of the molecule is Cc1ccc(S(=O)(=O)c2ccc(Oc3ccc(C(=O)c4ccc(Oc5ccc(S(=O)(=O)c6ccc(O)cc6)cc5)cc4)cc3)cc2)cc1. The van der Waals surface area contributed by atoms with Crippen LogP contribution in [0.5, 0.6) is 28.7 Å². The first-order valence-electron chi connectivity index (χ1n) is 14.7. The first kappa shape index (κ1) is 32.2. The average molecular weight is 677 g/mol. The van der Waals surface area contributed by atoms with Crippen molar-refractivity contribution >= 4 is 25.5 Å². The molecule has 0 aromatic heterocycles. The molecule has 0 aliphatic heterocycles. The Morgan fingerprint density at radius 2 is 0.708 bits per heavy atom. The second kappa shape index (κ2) is 13.2. The van der Waals surface area contributed by atoms with E-state index in [2.05, 4.69) is 0 Å². The van der Waals surface area contributed by atoms with Crippen molar-refractivity contribution in [2.45, 2.75) is 26.5 Å². The summed E-state index contributed by atoms with van der Waals surface area (Å²) in [7, 11) is -7.40. The molecule has 0 bridgehead atoms. The molecule has 6 aromatic rings. The lowest BCUT2D eigenvalue weighted by Crippen LogP contribution is -2.02. The zero-order valence-electron chi connectivity index (χ0n) is 25.5. The molecule has 10 heteroatoms. The molecule has 240 valence electrons. The van der Waals surface area contributed by atoms with E-state index in [0.29, 0.717) is 34.1 Å². The van der Waals surface area contributed by atoms with E-state index < -0.39 is 19.7 Å². The molecular weight excluding hydrogens is 649 g/mol. The van der Waals surface area contributed by atoms with Gasteiger partial charge in [-0.2, -0.15) is 0 Å². The summed E-state index contributed by atoms with van der Waals surface area (Å²) in [5.41, 5.74) is 1.86. The number of hydrogen-bond donors (Lipinski definition) is 1. The van der Waals surface area contributed by atoms with Crippen LogP contribution >= 0.6 is 0 Å². The van der Waals surface area contributed by atoms with Crippen molar-refractivity contribution in [2.24, 2.45) is 0 Å². The number of aryl methyl sites for hydroxylation is 1. The third-order valence-corrected chi connectivity index (χ3v) is 11.0. The number of carbonyl (C=O) groups is 1. The van der Waals surface area contributed by atoms with E-state index in [4.69, 9.17) is 9.47 Å². The van der Waals surface area contributed by atoms with Crippen molar-refractivity contribution in [1.29, 1.82) is 0 Å².